The van der Waals surface area contributed by atoms with Gasteiger partial charge in [-0.3, -0.25) is 0 Å². The lowest BCUT2D eigenvalue weighted by Gasteiger charge is -2.09. The van der Waals surface area contributed by atoms with E-state index in [-0.39, 0.29) is 6.61 Å². The summed E-state index contributed by atoms with van der Waals surface area (Å²) in [6.07, 6.45) is 0. The van der Waals surface area contributed by atoms with E-state index in [1.165, 1.54) is 0 Å². The number of anilines is 2. The minimum atomic E-state index is -0.463. The van der Waals surface area contributed by atoms with E-state index in [1.807, 2.05) is 45.0 Å². The molecule has 1 N–H and O–H groups in total. The third-order valence-corrected chi connectivity index (χ3v) is 3.67. The number of hydrogen-bond donors (Lipinski definition) is 1. The maximum Gasteiger partial charge on any atom is 0.349 e. The number of esters is 1. The number of rotatable bonds is 6. The van der Waals surface area contributed by atoms with Crippen LogP contribution in [0.25, 0.3) is 0 Å². The van der Waals surface area contributed by atoms with Gasteiger partial charge in [0, 0.05) is 17.1 Å². The highest BCUT2D eigenvalue weighted by molar-refractivity contribution is 5.74. The number of carbonyl (C=O) groups is 1. The zero-order valence-corrected chi connectivity index (χ0v) is 15.5. The van der Waals surface area contributed by atoms with Crippen LogP contribution in [0.3, 0.4) is 0 Å². The quantitative estimate of drug-likeness (QED) is 0.524. The molecular formula is C21H21N3O3. The Bertz CT molecular complexity index is 919. The highest BCUT2D eigenvalue weighted by Crippen LogP contribution is 2.19. The Morgan fingerprint density at radius 1 is 0.926 bits per heavy atom. The molecule has 0 saturated heterocycles. The Morgan fingerprint density at radius 2 is 1.63 bits per heavy atom. The molecule has 1 heterocycles. The summed E-state index contributed by atoms with van der Waals surface area (Å²) in [5, 5.41) is 3.13. The van der Waals surface area contributed by atoms with E-state index in [0.29, 0.717) is 17.4 Å². The standard InChI is InChI=1S/C21H21N3O3/c1-14-5-4-6-19(11-14)26-13-20(25)27-18-9-7-17(8-10-18)24-21-22-15(2)12-16(3)23-21/h4-12H,13H2,1-3H3,(H,22,23,24). The van der Waals surface area contributed by atoms with E-state index < -0.39 is 5.97 Å². The molecule has 0 fully saturated rings. The molecule has 3 rings (SSSR count). The predicted octanol–water partition coefficient (Wildman–Crippen LogP) is 4.13. The molecule has 0 radical (unpaired) electrons. The molecule has 0 atom stereocenters. The maximum absolute atomic E-state index is 11.9. The van der Waals surface area contributed by atoms with Crippen LogP contribution in [-0.4, -0.2) is 22.5 Å². The van der Waals surface area contributed by atoms with E-state index in [9.17, 15) is 4.79 Å². The lowest BCUT2D eigenvalue weighted by atomic mass is 10.2. The van der Waals surface area contributed by atoms with Gasteiger partial charge in [0.25, 0.3) is 0 Å². The summed E-state index contributed by atoms with van der Waals surface area (Å²) >= 11 is 0. The molecule has 6 nitrogen and oxygen atoms in total. The topological polar surface area (TPSA) is 73.3 Å². The lowest BCUT2D eigenvalue weighted by molar-refractivity contribution is -0.136. The van der Waals surface area contributed by atoms with Crippen LogP contribution in [0.1, 0.15) is 17.0 Å². The molecular weight excluding hydrogens is 342 g/mol. The van der Waals surface area contributed by atoms with Crippen molar-refractivity contribution in [3.05, 3.63) is 71.5 Å². The second-order valence-electron chi connectivity index (χ2n) is 6.20. The zero-order chi connectivity index (χ0) is 19.2. The van der Waals surface area contributed by atoms with Gasteiger partial charge in [-0.15, -0.1) is 0 Å². The van der Waals surface area contributed by atoms with Crippen LogP contribution in [0.5, 0.6) is 11.5 Å². The second kappa shape index (κ2) is 8.31. The first-order valence-electron chi connectivity index (χ1n) is 8.57. The van der Waals surface area contributed by atoms with Gasteiger partial charge in [-0.25, -0.2) is 14.8 Å². The van der Waals surface area contributed by atoms with Gasteiger partial charge in [-0.1, -0.05) is 12.1 Å². The van der Waals surface area contributed by atoms with Gasteiger partial charge in [0.1, 0.15) is 11.5 Å². The normalized spacial score (nSPS) is 10.3. The third-order valence-electron chi connectivity index (χ3n) is 3.67. The van der Waals surface area contributed by atoms with Gasteiger partial charge in [-0.05, 0) is 68.8 Å². The van der Waals surface area contributed by atoms with Gasteiger partial charge >= 0.3 is 5.97 Å². The van der Waals surface area contributed by atoms with Gasteiger partial charge in [-0.2, -0.15) is 0 Å². The van der Waals surface area contributed by atoms with Crippen molar-refractivity contribution in [2.75, 3.05) is 11.9 Å². The number of nitrogens with one attached hydrogen (secondary N) is 1. The summed E-state index contributed by atoms with van der Waals surface area (Å²) in [4.78, 5) is 20.6. The molecule has 0 bridgehead atoms. The first-order valence-corrected chi connectivity index (χ1v) is 8.57. The van der Waals surface area contributed by atoms with E-state index in [1.54, 1.807) is 30.3 Å². The van der Waals surface area contributed by atoms with Crippen LogP contribution in [0.15, 0.2) is 54.6 Å². The smallest absolute Gasteiger partial charge is 0.349 e. The number of ether oxygens (including phenoxy) is 2. The molecule has 3 aromatic rings. The van der Waals surface area contributed by atoms with Crippen LogP contribution in [0.4, 0.5) is 11.6 Å². The molecule has 0 amide bonds. The Kier molecular flexibility index (Phi) is 5.66. The summed E-state index contributed by atoms with van der Waals surface area (Å²) in [5.74, 6) is 1.15. The van der Waals surface area contributed by atoms with Crippen LogP contribution in [0, 0.1) is 20.8 Å². The third kappa shape index (κ3) is 5.54. The van der Waals surface area contributed by atoms with Crippen LogP contribution in [0.2, 0.25) is 0 Å². The van der Waals surface area contributed by atoms with Crippen molar-refractivity contribution >= 4 is 17.6 Å². The Labute approximate surface area is 158 Å². The molecule has 0 aliphatic heterocycles. The largest absolute Gasteiger partial charge is 0.482 e. The fourth-order valence-electron chi connectivity index (χ4n) is 2.53. The molecule has 0 saturated carbocycles. The summed E-state index contributed by atoms with van der Waals surface area (Å²) in [5.41, 5.74) is 3.65. The molecule has 138 valence electrons. The molecule has 0 aliphatic rings. The highest BCUT2D eigenvalue weighted by Gasteiger charge is 2.07. The first kappa shape index (κ1) is 18.4. The first-order chi connectivity index (χ1) is 13.0. The average molecular weight is 363 g/mol. The molecule has 0 spiro atoms. The van der Waals surface area contributed by atoms with Crippen molar-refractivity contribution in [2.45, 2.75) is 20.8 Å². The van der Waals surface area contributed by atoms with Crippen LogP contribution in [-0.2, 0) is 4.79 Å². The molecule has 0 unspecified atom stereocenters. The fourth-order valence-corrected chi connectivity index (χ4v) is 2.53. The Morgan fingerprint density at radius 3 is 2.30 bits per heavy atom. The van der Waals surface area contributed by atoms with Gasteiger partial charge < -0.3 is 14.8 Å². The monoisotopic (exact) mass is 363 g/mol. The van der Waals surface area contributed by atoms with Gasteiger partial charge in [0.05, 0.1) is 0 Å². The predicted molar refractivity (Wildman–Crippen MR) is 104 cm³/mol. The van der Waals surface area contributed by atoms with Gasteiger partial charge in [0.15, 0.2) is 6.61 Å². The molecule has 27 heavy (non-hydrogen) atoms. The zero-order valence-electron chi connectivity index (χ0n) is 15.5. The maximum atomic E-state index is 11.9. The van der Waals surface area contributed by atoms with Crippen molar-refractivity contribution in [2.24, 2.45) is 0 Å². The van der Waals surface area contributed by atoms with Crippen molar-refractivity contribution in [3.8, 4) is 11.5 Å². The Hall–Kier alpha value is -3.41. The van der Waals surface area contributed by atoms with Crippen molar-refractivity contribution in [1.82, 2.24) is 9.97 Å². The minimum absolute atomic E-state index is 0.153. The lowest BCUT2D eigenvalue weighted by Crippen LogP contribution is -2.17. The summed E-state index contributed by atoms with van der Waals surface area (Å²) < 4.78 is 10.7. The summed E-state index contributed by atoms with van der Waals surface area (Å²) in [6.45, 7) is 5.65. The molecule has 0 aliphatic carbocycles. The fraction of sp³-hybridized carbons (Fsp3) is 0.190. The van der Waals surface area contributed by atoms with Crippen LogP contribution < -0.4 is 14.8 Å². The van der Waals surface area contributed by atoms with Crippen LogP contribution >= 0.6 is 0 Å². The van der Waals surface area contributed by atoms with Crippen molar-refractivity contribution < 1.29 is 14.3 Å². The number of carbonyl (C=O) groups excluding carboxylic acids is 1. The number of hydrogen-bond acceptors (Lipinski definition) is 6. The molecule has 6 heteroatoms. The number of nitrogens with zero attached hydrogens (tertiary/aromatic N) is 2. The minimum Gasteiger partial charge on any atom is -0.482 e. The number of benzene rings is 2. The highest BCUT2D eigenvalue weighted by atomic mass is 16.6. The van der Waals surface area contributed by atoms with Crippen molar-refractivity contribution in [3.63, 3.8) is 0 Å². The van der Waals surface area contributed by atoms with Crippen molar-refractivity contribution in [1.29, 1.82) is 0 Å². The number of aryl methyl sites for hydroxylation is 3. The van der Waals surface area contributed by atoms with E-state index in [4.69, 9.17) is 9.47 Å². The van der Waals surface area contributed by atoms with E-state index >= 15 is 0 Å². The second-order valence-corrected chi connectivity index (χ2v) is 6.20. The number of aromatic nitrogens is 2. The Balaban J connectivity index is 1.54. The van der Waals surface area contributed by atoms with Gasteiger partial charge in [0.2, 0.25) is 5.95 Å². The summed E-state index contributed by atoms with van der Waals surface area (Å²) in [7, 11) is 0. The molecule has 1 aromatic heterocycles. The molecule has 2 aromatic carbocycles. The van der Waals surface area contributed by atoms with E-state index in [0.717, 1.165) is 22.6 Å². The van der Waals surface area contributed by atoms with E-state index in [2.05, 4.69) is 15.3 Å². The average Bonchev–Trinajstić information content (AvgIpc) is 2.61. The SMILES string of the molecule is Cc1cccc(OCC(=O)Oc2ccc(Nc3nc(C)cc(C)n3)cc2)c1. The summed E-state index contributed by atoms with van der Waals surface area (Å²) in [6, 6.07) is 16.4.